The van der Waals surface area contributed by atoms with Gasteiger partial charge in [0, 0.05) is 28.2 Å². The lowest BCUT2D eigenvalue weighted by molar-refractivity contribution is -0.140. The molecule has 43 heavy (non-hydrogen) atoms. The third-order valence-electron chi connectivity index (χ3n) is 7.10. The second kappa shape index (κ2) is 13.2. The highest BCUT2D eigenvalue weighted by atomic mass is 16.6. The molecule has 0 unspecified atom stereocenters. The number of hydrogen-bond acceptors (Lipinski definition) is 6. The Morgan fingerprint density at radius 1 is 0.791 bits per heavy atom. The van der Waals surface area contributed by atoms with Crippen LogP contribution in [0.25, 0.3) is 33.4 Å². The third kappa shape index (κ3) is 6.51. The van der Waals surface area contributed by atoms with E-state index in [2.05, 4.69) is 31.1 Å². The molecular weight excluding hydrogens is 542 g/mol. The summed E-state index contributed by atoms with van der Waals surface area (Å²) in [5, 5.41) is 1.83. The van der Waals surface area contributed by atoms with Gasteiger partial charge in [-0.1, -0.05) is 43.0 Å². The van der Waals surface area contributed by atoms with E-state index >= 15 is 0 Å². The molecule has 0 atom stereocenters. The van der Waals surface area contributed by atoms with Crippen molar-refractivity contribution in [1.82, 2.24) is 4.58 Å². The molecule has 7 heteroatoms. The van der Waals surface area contributed by atoms with Crippen molar-refractivity contribution < 1.29 is 28.2 Å². The molecule has 0 spiro atoms. The molecule has 0 radical (unpaired) electrons. The van der Waals surface area contributed by atoms with Crippen molar-refractivity contribution in [3.8, 4) is 33.9 Å². The van der Waals surface area contributed by atoms with Crippen LogP contribution in [0.1, 0.15) is 31.1 Å². The van der Waals surface area contributed by atoms with E-state index in [1.807, 2.05) is 72.8 Å². The van der Waals surface area contributed by atoms with Gasteiger partial charge in [-0.25, -0.2) is 14.2 Å². The van der Waals surface area contributed by atoms with E-state index in [0.717, 1.165) is 35.0 Å². The van der Waals surface area contributed by atoms with Gasteiger partial charge in [-0.15, -0.1) is 0 Å². The summed E-state index contributed by atoms with van der Waals surface area (Å²) in [4.78, 5) is 25.1. The molecule has 0 aromatic heterocycles. The molecule has 0 amide bonds. The summed E-state index contributed by atoms with van der Waals surface area (Å²) in [6.45, 7) is 10.9. The van der Waals surface area contributed by atoms with Gasteiger partial charge in [0.25, 0.3) is 0 Å². The summed E-state index contributed by atoms with van der Waals surface area (Å²) < 4.78 is 25.5. The van der Waals surface area contributed by atoms with Gasteiger partial charge in [-0.05, 0) is 68.8 Å². The van der Waals surface area contributed by atoms with E-state index in [9.17, 15) is 9.59 Å². The maximum atomic E-state index is 13.4. The Labute approximate surface area is 250 Å². The molecule has 3 aromatic rings. The lowest BCUT2D eigenvalue weighted by atomic mass is 9.90. The van der Waals surface area contributed by atoms with Crippen molar-refractivity contribution in [2.75, 3.05) is 26.3 Å². The summed E-state index contributed by atoms with van der Waals surface area (Å²) in [6.07, 6.45) is 0. The molecule has 0 N–H and O–H groups in total. The number of carbonyl (C=O) groups is 2. The summed E-state index contributed by atoms with van der Waals surface area (Å²) in [6, 6.07) is 28.7. The van der Waals surface area contributed by atoms with Crippen LogP contribution in [0.15, 0.2) is 108 Å². The zero-order valence-electron chi connectivity index (χ0n) is 24.6. The van der Waals surface area contributed by atoms with Gasteiger partial charge in [-0.3, -0.25) is 0 Å². The first-order valence-corrected chi connectivity index (χ1v) is 14.3. The van der Waals surface area contributed by atoms with Gasteiger partial charge in [0.05, 0.1) is 11.6 Å². The van der Waals surface area contributed by atoms with Crippen molar-refractivity contribution in [1.29, 1.82) is 0 Å². The van der Waals surface area contributed by atoms with Gasteiger partial charge in [-0.2, -0.15) is 0 Å². The van der Waals surface area contributed by atoms with Crippen molar-refractivity contribution >= 4 is 22.9 Å². The van der Waals surface area contributed by atoms with Crippen LogP contribution >= 0.6 is 0 Å². The Morgan fingerprint density at radius 2 is 1.51 bits per heavy atom. The van der Waals surface area contributed by atoms with E-state index in [1.54, 1.807) is 19.1 Å². The molecular formula is C36H34NO6+. The Kier molecular flexibility index (Phi) is 9.01. The third-order valence-corrected chi connectivity index (χ3v) is 7.10. The summed E-state index contributed by atoms with van der Waals surface area (Å²) in [5.74, 6) is 0.981. The van der Waals surface area contributed by atoms with E-state index < -0.39 is 11.9 Å². The summed E-state index contributed by atoms with van der Waals surface area (Å²) in [7, 11) is 0. The number of nitrogens with zero attached hydrogens (tertiary/aromatic N) is 1. The second-order valence-corrected chi connectivity index (χ2v) is 10.0. The van der Waals surface area contributed by atoms with Crippen LogP contribution in [0.5, 0.6) is 11.5 Å². The van der Waals surface area contributed by atoms with Crippen LogP contribution < -0.4 is 14.7 Å². The standard InChI is InChI=1S/C36H34NO6/c1-5-37(6-2)25-16-18-30-33(22-25)43-32-19-17-27(42-26-12-8-7-9-13-26)23-31(32)34(30)28-14-10-11-15-29(28)36(39)41-21-20-40-35(38)24(3)4/h7-19,22-23H,3,5-6,20-21H2,1-2,4H3/q+1. The highest BCUT2D eigenvalue weighted by molar-refractivity contribution is 6.08. The second-order valence-electron chi connectivity index (χ2n) is 10.0. The Hall–Kier alpha value is -5.17. The Balaban J connectivity index is 1.64. The molecule has 7 nitrogen and oxygen atoms in total. The van der Waals surface area contributed by atoms with Crippen molar-refractivity contribution in [2.45, 2.75) is 20.8 Å². The molecule has 0 fully saturated rings. The van der Waals surface area contributed by atoms with Crippen LogP contribution in [0.4, 0.5) is 0 Å². The van der Waals surface area contributed by atoms with E-state index in [4.69, 9.17) is 18.6 Å². The fourth-order valence-electron chi connectivity index (χ4n) is 4.97. The van der Waals surface area contributed by atoms with E-state index in [0.29, 0.717) is 34.0 Å². The van der Waals surface area contributed by atoms with Gasteiger partial charge in [0.2, 0.25) is 5.36 Å². The smallest absolute Gasteiger partial charge is 0.338 e. The quantitative estimate of drug-likeness (QED) is 0.0581. The largest absolute Gasteiger partial charge is 0.459 e. The molecule has 0 saturated heterocycles. The number of fused-ring (bicyclic) bond motifs is 2. The number of esters is 2. The number of ether oxygens (including phenoxy) is 3. The average Bonchev–Trinajstić information content (AvgIpc) is 3.03. The predicted octanol–water partition coefficient (Wildman–Crippen LogP) is 7.09. The lowest BCUT2D eigenvalue weighted by Gasteiger charge is -2.18. The van der Waals surface area contributed by atoms with Crippen LogP contribution in [0, 0.1) is 0 Å². The Bertz CT molecular complexity index is 1830. The fraction of sp³-hybridized carbons (Fsp3) is 0.194. The minimum absolute atomic E-state index is 0.0655. The topological polar surface area (TPSA) is 78.0 Å². The van der Waals surface area contributed by atoms with Crippen LogP contribution in [-0.2, 0) is 14.3 Å². The first-order valence-electron chi connectivity index (χ1n) is 14.3. The highest BCUT2D eigenvalue weighted by Crippen LogP contribution is 2.42. The molecule has 0 saturated carbocycles. The maximum Gasteiger partial charge on any atom is 0.338 e. The highest BCUT2D eigenvalue weighted by Gasteiger charge is 2.23. The van der Waals surface area contributed by atoms with Crippen molar-refractivity contribution in [3.63, 3.8) is 0 Å². The summed E-state index contributed by atoms with van der Waals surface area (Å²) in [5.41, 5.74) is 3.66. The van der Waals surface area contributed by atoms with Gasteiger partial charge in [0.1, 0.15) is 49.1 Å². The average molecular weight is 577 g/mol. The monoisotopic (exact) mass is 576 g/mol. The summed E-state index contributed by atoms with van der Waals surface area (Å²) >= 11 is 0. The molecule has 2 aliphatic rings. The van der Waals surface area contributed by atoms with Crippen LogP contribution in [-0.4, -0.2) is 38.2 Å². The number of benzene rings is 4. The van der Waals surface area contributed by atoms with Crippen molar-refractivity contribution in [2.24, 2.45) is 0 Å². The number of hydrogen-bond donors (Lipinski definition) is 0. The van der Waals surface area contributed by atoms with E-state index in [-0.39, 0.29) is 18.8 Å². The molecule has 0 bridgehead atoms. The molecule has 218 valence electrons. The lowest BCUT2D eigenvalue weighted by Crippen LogP contribution is -2.29. The number of para-hydroxylation sites is 1. The zero-order valence-corrected chi connectivity index (χ0v) is 24.6. The maximum absolute atomic E-state index is 13.4. The van der Waals surface area contributed by atoms with Crippen molar-refractivity contribution in [3.05, 3.63) is 114 Å². The Morgan fingerprint density at radius 3 is 2.26 bits per heavy atom. The van der Waals surface area contributed by atoms with Crippen LogP contribution in [0.2, 0.25) is 0 Å². The first kappa shape index (κ1) is 29.3. The fourth-order valence-corrected chi connectivity index (χ4v) is 4.97. The van der Waals surface area contributed by atoms with Gasteiger partial charge < -0.3 is 18.6 Å². The SMILES string of the molecule is C=C(C)C(=O)OCCOC(=O)c1ccccc1-c1c2ccc(=[N+](CC)CC)cc-2oc2ccc(Oc3ccccc3)cc12. The minimum Gasteiger partial charge on any atom is -0.459 e. The zero-order chi connectivity index (χ0) is 30.3. The normalized spacial score (nSPS) is 10.9. The van der Waals surface area contributed by atoms with E-state index in [1.165, 1.54) is 0 Å². The molecule has 1 aliphatic carbocycles. The molecule has 3 aromatic carbocycles. The van der Waals surface area contributed by atoms with Crippen LogP contribution in [0.3, 0.4) is 0 Å². The molecule has 1 aliphatic heterocycles. The first-order chi connectivity index (χ1) is 20.9. The molecule has 5 rings (SSSR count). The number of rotatable bonds is 10. The molecule has 1 heterocycles. The van der Waals surface area contributed by atoms with Gasteiger partial charge >= 0.3 is 11.9 Å². The number of carbonyl (C=O) groups excluding carboxylic acids is 2. The minimum atomic E-state index is -0.528. The predicted molar refractivity (Wildman–Crippen MR) is 167 cm³/mol. The van der Waals surface area contributed by atoms with Gasteiger partial charge in [0.15, 0.2) is 0 Å².